The topological polar surface area (TPSA) is 29.3 Å². The van der Waals surface area contributed by atoms with Crippen molar-refractivity contribution in [1.29, 1.82) is 0 Å². The number of hydrogen-bond acceptors (Lipinski definition) is 2. The van der Waals surface area contributed by atoms with Crippen LogP contribution in [0, 0.1) is 0 Å². The third-order valence-electron chi connectivity index (χ3n) is 2.61. The first-order valence-electron chi connectivity index (χ1n) is 5.72. The first kappa shape index (κ1) is 16.5. The average molecular weight is 300 g/mol. The fraction of sp³-hybridized carbons (Fsp3) is 0.500. The lowest BCUT2D eigenvalue weighted by Crippen LogP contribution is -2.40. The maximum Gasteiger partial charge on any atom is 0.418 e. The molecular formula is C12H14F6N2. The number of rotatable bonds is 3. The standard InChI is InChI=1S/C12H14F6N2/c1-7(2)20(6-11(13,14)15)10-4-3-8(19)5-9(10)12(16,17)18/h3-5,7H,6,19H2,1-2H3. The molecule has 1 rings (SSSR count). The molecule has 0 radical (unpaired) electrons. The number of nitrogens with two attached hydrogens (primary N) is 1. The van der Waals surface area contributed by atoms with Crippen molar-refractivity contribution in [2.24, 2.45) is 0 Å². The molecule has 114 valence electrons. The zero-order valence-corrected chi connectivity index (χ0v) is 10.8. The minimum Gasteiger partial charge on any atom is -0.399 e. The molecule has 0 bridgehead atoms. The molecule has 0 aliphatic heterocycles. The summed E-state index contributed by atoms with van der Waals surface area (Å²) in [7, 11) is 0. The maximum absolute atomic E-state index is 12.9. The van der Waals surface area contributed by atoms with E-state index in [1.165, 1.54) is 13.8 Å². The van der Waals surface area contributed by atoms with Gasteiger partial charge in [-0.1, -0.05) is 0 Å². The minimum atomic E-state index is -4.77. The van der Waals surface area contributed by atoms with Crippen molar-refractivity contribution in [1.82, 2.24) is 0 Å². The van der Waals surface area contributed by atoms with Crippen LogP contribution >= 0.6 is 0 Å². The van der Waals surface area contributed by atoms with Crippen molar-refractivity contribution in [3.63, 3.8) is 0 Å². The summed E-state index contributed by atoms with van der Waals surface area (Å²) in [6.45, 7) is 1.32. The first-order chi connectivity index (χ1) is 8.92. The molecule has 0 aliphatic carbocycles. The summed E-state index contributed by atoms with van der Waals surface area (Å²) < 4.78 is 76.3. The van der Waals surface area contributed by atoms with Crippen molar-refractivity contribution < 1.29 is 26.3 Å². The monoisotopic (exact) mass is 300 g/mol. The maximum atomic E-state index is 12.9. The number of nitrogen functional groups attached to an aromatic ring is 1. The molecule has 8 heteroatoms. The van der Waals surface area contributed by atoms with Crippen LogP contribution < -0.4 is 10.6 Å². The molecule has 0 aliphatic rings. The van der Waals surface area contributed by atoms with Crippen LogP contribution in [0.1, 0.15) is 19.4 Å². The van der Waals surface area contributed by atoms with Crippen LogP contribution in [0.5, 0.6) is 0 Å². The first-order valence-corrected chi connectivity index (χ1v) is 5.72. The molecule has 2 N–H and O–H groups in total. The smallest absolute Gasteiger partial charge is 0.399 e. The summed E-state index contributed by atoms with van der Waals surface area (Å²) in [6.07, 6.45) is -9.38. The average Bonchev–Trinajstić information content (AvgIpc) is 2.23. The van der Waals surface area contributed by atoms with Gasteiger partial charge in [-0.05, 0) is 32.0 Å². The van der Waals surface area contributed by atoms with Gasteiger partial charge in [0.15, 0.2) is 0 Å². The summed E-state index contributed by atoms with van der Waals surface area (Å²) in [5.74, 6) is 0. The Labute approximate surface area is 112 Å². The fourth-order valence-corrected chi connectivity index (χ4v) is 1.77. The van der Waals surface area contributed by atoms with Crippen LogP contribution in [-0.2, 0) is 6.18 Å². The highest BCUT2D eigenvalue weighted by atomic mass is 19.4. The molecule has 0 atom stereocenters. The van der Waals surface area contributed by atoms with Gasteiger partial charge in [-0.25, -0.2) is 0 Å². The molecule has 2 nitrogen and oxygen atoms in total. The zero-order chi connectivity index (χ0) is 15.7. The number of hydrogen-bond donors (Lipinski definition) is 1. The van der Waals surface area contributed by atoms with Gasteiger partial charge in [-0.15, -0.1) is 0 Å². The Balaban J connectivity index is 3.34. The summed E-state index contributed by atoms with van der Waals surface area (Å²) in [4.78, 5) is 0.655. The lowest BCUT2D eigenvalue weighted by Gasteiger charge is -2.32. The van der Waals surface area contributed by atoms with Crippen LogP contribution in [-0.4, -0.2) is 18.8 Å². The molecule has 1 aromatic carbocycles. The molecule has 0 amide bonds. The number of alkyl halides is 6. The van der Waals surface area contributed by atoms with Gasteiger partial charge in [0.1, 0.15) is 6.54 Å². The Kier molecular flexibility index (Phi) is 4.45. The van der Waals surface area contributed by atoms with Crippen LogP contribution in [0.25, 0.3) is 0 Å². The molecule has 20 heavy (non-hydrogen) atoms. The summed E-state index contributed by atoms with van der Waals surface area (Å²) in [5.41, 5.74) is 3.43. The lowest BCUT2D eigenvalue weighted by molar-refractivity contribution is -0.138. The SMILES string of the molecule is CC(C)N(CC(F)(F)F)c1ccc(N)cc1C(F)(F)F. The normalized spacial score (nSPS) is 12.8. The van der Waals surface area contributed by atoms with Crippen molar-refractivity contribution >= 4 is 11.4 Å². The molecule has 0 spiro atoms. The Morgan fingerprint density at radius 2 is 1.65 bits per heavy atom. The summed E-state index contributed by atoms with van der Waals surface area (Å²) >= 11 is 0. The third kappa shape index (κ3) is 4.21. The third-order valence-corrected chi connectivity index (χ3v) is 2.61. The number of anilines is 2. The van der Waals surface area contributed by atoms with E-state index < -0.39 is 36.2 Å². The Morgan fingerprint density at radius 1 is 1.10 bits per heavy atom. The highest BCUT2D eigenvalue weighted by Crippen LogP contribution is 2.39. The highest BCUT2D eigenvalue weighted by Gasteiger charge is 2.38. The van der Waals surface area contributed by atoms with Gasteiger partial charge >= 0.3 is 12.4 Å². The second-order valence-corrected chi connectivity index (χ2v) is 4.61. The minimum absolute atomic E-state index is 0.156. The lowest BCUT2D eigenvalue weighted by atomic mass is 10.1. The quantitative estimate of drug-likeness (QED) is 0.673. The van der Waals surface area contributed by atoms with E-state index in [-0.39, 0.29) is 5.69 Å². The molecule has 0 aromatic heterocycles. The van der Waals surface area contributed by atoms with Crippen molar-refractivity contribution in [3.8, 4) is 0 Å². The van der Waals surface area contributed by atoms with E-state index in [1.54, 1.807) is 0 Å². The summed E-state index contributed by atoms with van der Waals surface area (Å²) in [5, 5.41) is 0. The molecule has 0 saturated heterocycles. The predicted molar refractivity (Wildman–Crippen MR) is 64.4 cm³/mol. The van der Waals surface area contributed by atoms with Gasteiger partial charge in [-0.2, -0.15) is 26.3 Å². The van der Waals surface area contributed by atoms with E-state index in [4.69, 9.17) is 5.73 Å². The van der Waals surface area contributed by atoms with Crippen LogP contribution in [0.3, 0.4) is 0 Å². The van der Waals surface area contributed by atoms with E-state index in [1.807, 2.05) is 0 Å². The second kappa shape index (κ2) is 5.41. The fourth-order valence-electron chi connectivity index (χ4n) is 1.77. The van der Waals surface area contributed by atoms with Gasteiger partial charge in [0.2, 0.25) is 0 Å². The Morgan fingerprint density at radius 3 is 2.05 bits per heavy atom. The number of halogens is 6. The van der Waals surface area contributed by atoms with E-state index in [9.17, 15) is 26.3 Å². The van der Waals surface area contributed by atoms with Crippen LogP contribution in [0.2, 0.25) is 0 Å². The van der Waals surface area contributed by atoms with E-state index in [0.717, 1.165) is 12.1 Å². The zero-order valence-electron chi connectivity index (χ0n) is 10.8. The predicted octanol–water partition coefficient (Wildman–Crippen LogP) is 4.06. The van der Waals surface area contributed by atoms with Gasteiger partial charge in [0.05, 0.1) is 5.56 Å². The molecule has 0 saturated carbocycles. The van der Waals surface area contributed by atoms with E-state index in [0.29, 0.717) is 11.0 Å². The molecule has 0 unspecified atom stereocenters. The van der Waals surface area contributed by atoms with Crippen molar-refractivity contribution in [3.05, 3.63) is 23.8 Å². The summed E-state index contributed by atoms with van der Waals surface area (Å²) in [6, 6.07) is 2.00. The van der Waals surface area contributed by atoms with Crippen molar-refractivity contribution in [2.75, 3.05) is 17.2 Å². The van der Waals surface area contributed by atoms with E-state index in [2.05, 4.69) is 0 Å². The highest BCUT2D eigenvalue weighted by molar-refractivity contribution is 5.61. The van der Waals surface area contributed by atoms with Crippen LogP contribution in [0.4, 0.5) is 37.7 Å². The molecule has 1 aromatic rings. The largest absolute Gasteiger partial charge is 0.418 e. The van der Waals surface area contributed by atoms with E-state index >= 15 is 0 Å². The van der Waals surface area contributed by atoms with Gasteiger partial charge in [-0.3, -0.25) is 0 Å². The number of benzene rings is 1. The second-order valence-electron chi connectivity index (χ2n) is 4.61. The molecule has 0 fully saturated rings. The Hall–Kier alpha value is -1.60. The van der Waals surface area contributed by atoms with Gasteiger partial charge in [0, 0.05) is 17.4 Å². The van der Waals surface area contributed by atoms with Gasteiger partial charge in [0.25, 0.3) is 0 Å². The Bertz CT molecular complexity index is 464. The van der Waals surface area contributed by atoms with Crippen LogP contribution in [0.15, 0.2) is 18.2 Å². The molecule has 0 heterocycles. The van der Waals surface area contributed by atoms with Crippen molar-refractivity contribution in [2.45, 2.75) is 32.2 Å². The van der Waals surface area contributed by atoms with Gasteiger partial charge < -0.3 is 10.6 Å². The molecular weight excluding hydrogens is 286 g/mol. The number of nitrogens with zero attached hydrogens (tertiary/aromatic N) is 1.